The van der Waals surface area contributed by atoms with Crippen LogP contribution < -0.4 is 5.32 Å². The standard InChI is InChI=1S/C18H22N2O3S/c21-17(15-4-2-1-3-5-15)10-16-12-23-8-7-20(16)18(22)19-11-14-6-9-24-13-14/h1-6,9,13,16-17,21H,7-8,10-12H2,(H,19,22)/t16-,17+/m0/s1. The molecule has 1 aliphatic heterocycles. The summed E-state index contributed by atoms with van der Waals surface area (Å²) >= 11 is 1.62. The van der Waals surface area contributed by atoms with Gasteiger partial charge in [-0.15, -0.1) is 0 Å². The number of morpholine rings is 1. The van der Waals surface area contributed by atoms with Crippen LogP contribution in [0.5, 0.6) is 0 Å². The molecule has 6 heteroatoms. The van der Waals surface area contributed by atoms with Crippen molar-refractivity contribution in [3.8, 4) is 0 Å². The van der Waals surface area contributed by atoms with E-state index in [1.54, 1.807) is 16.2 Å². The summed E-state index contributed by atoms with van der Waals surface area (Å²) in [6.07, 6.45) is -0.138. The number of carbonyl (C=O) groups excluding carboxylic acids is 1. The van der Waals surface area contributed by atoms with Crippen LogP contribution in [0.4, 0.5) is 4.79 Å². The zero-order valence-corrected chi connectivity index (χ0v) is 14.2. The van der Waals surface area contributed by atoms with Crippen LogP contribution in [0.15, 0.2) is 47.2 Å². The Morgan fingerprint density at radius 1 is 1.38 bits per heavy atom. The van der Waals surface area contributed by atoms with E-state index in [0.717, 1.165) is 11.1 Å². The molecule has 3 rings (SSSR count). The fourth-order valence-corrected chi connectivity index (χ4v) is 3.53. The average Bonchev–Trinajstić information content (AvgIpc) is 3.14. The first-order valence-electron chi connectivity index (χ1n) is 8.10. The van der Waals surface area contributed by atoms with Crippen LogP contribution in [0.25, 0.3) is 0 Å². The molecule has 24 heavy (non-hydrogen) atoms. The molecule has 2 aromatic rings. The molecule has 128 valence electrons. The van der Waals surface area contributed by atoms with Crippen LogP contribution in [0.2, 0.25) is 0 Å². The number of carbonyl (C=O) groups is 1. The highest BCUT2D eigenvalue weighted by Crippen LogP contribution is 2.22. The van der Waals surface area contributed by atoms with Crippen molar-refractivity contribution in [2.24, 2.45) is 0 Å². The number of thiophene rings is 1. The molecule has 1 aromatic carbocycles. The van der Waals surface area contributed by atoms with Crippen molar-refractivity contribution in [3.63, 3.8) is 0 Å². The second-order valence-corrected chi connectivity index (χ2v) is 6.65. The van der Waals surface area contributed by atoms with Crippen molar-refractivity contribution in [2.45, 2.75) is 25.1 Å². The third-order valence-corrected chi connectivity index (χ3v) is 4.92. The lowest BCUT2D eigenvalue weighted by Gasteiger charge is -2.36. The number of hydrogen-bond acceptors (Lipinski definition) is 4. The van der Waals surface area contributed by atoms with E-state index in [4.69, 9.17) is 4.74 Å². The van der Waals surface area contributed by atoms with E-state index in [9.17, 15) is 9.90 Å². The Balaban J connectivity index is 1.59. The van der Waals surface area contributed by atoms with Crippen molar-refractivity contribution in [1.29, 1.82) is 0 Å². The third kappa shape index (κ3) is 4.35. The first-order chi connectivity index (χ1) is 11.7. The number of aliphatic hydroxyl groups excluding tert-OH is 1. The normalized spacial score (nSPS) is 19.0. The summed E-state index contributed by atoms with van der Waals surface area (Å²) in [6, 6.07) is 11.3. The smallest absolute Gasteiger partial charge is 0.318 e. The van der Waals surface area contributed by atoms with E-state index in [1.807, 2.05) is 47.2 Å². The minimum absolute atomic E-state index is 0.102. The first-order valence-corrected chi connectivity index (χ1v) is 9.04. The summed E-state index contributed by atoms with van der Waals surface area (Å²) in [5.41, 5.74) is 1.96. The van der Waals surface area contributed by atoms with Gasteiger partial charge in [0, 0.05) is 19.5 Å². The highest BCUT2D eigenvalue weighted by molar-refractivity contribution is 7.07. The van der Waals surface area contributed by atoms with Gasteiger partial charge < -0.3 is 20.1 Å². The van der Waals surface area contributed by atoms with Crippen LogP contribution in [0, 0.1) is 0 Å². The maximum atomic E-state index is 12.5. The second-order valence-electron chi connectivity index (χ2n) is 5.87. The van der Waals surface area contributed by atoms with Gasteiger partial charge in [-0.2, -0.15) is 11.3 Å². The van der Waals surface area contributed by atoms with Gasteiger partial charge in [-0.25, -0.2) is 4.79 Å². The highest BCUT2D eigenvalue weighted by atomic mass is 32.1. The topological polar surface area (TPSA) is 61.8 Å². The van der Waals surface area contributed by atoms with Gasteiger partial charge in [0.2, 0.25) is 0 Å². The van der Waals surface area contributed by atoms with Crippen LogP contribution >= 0.6 is 11.3 Å². The minimum atomic E-state index is -0.606. The lowest BCUT2D eigenvalue weighted by Crippen LogP contribution is -2.52. The lowest BCUT2D eigenvalue weighted by molar-refractivity contribution is -0.00698. The van der Waals surface area contributed by atoms with Crippen LogP contribution in [0.3, 0.4) is 0 Å². The molecule has 0 radical (unpaired) electrons. The Kier molecular flexibility index (Phi) is 5.85. The van der Waals surface area contributed by atoms with Gasteiger partial charge in [-0.1, -0.05) is 30.3 Å². The number of rotatable bonds is 5. The molecule has 5 nitrogen and oxygen atoms in total. The monoisotopic (exact) mass is 346 g/mol. The number of nitrogens with one attached hydrogen (secondary N) is 1. The van der Waals surface area contributed by atoms with Crippen LogP contribution in [-0.2, 0) is 11.3 Å². The van der Waals surface area contributed by atoms with Crippen molar-refractivity contribution in [1.82, 2.24) is 10.2 Å². The van der Waals surface area contributed by atoms with Gasteiger partial charge in [-0.05, 0) is 28.0 Å². The van der Waals surface area contributed by atoms with Gasteiger partial charge >= 0.3 is 6.03 Å². The van der Waals surface area contributed by atoms with Gasteiger partial charge in [0.25, 0.3) is 0 Å². The van der Waals surface area contributed by atoms with E-state index >= 15 is 0 Å². The van der Waals surface area contributed by atoms with Gasteiger partial charge in [-0.3, -0.25) is 0 Å². The summed E-state index contributed by atoms with van der Waals surface area (Å²) in [7, 11) is 0. The Morgan fingerprint density at radius 3 is 2.96 bits per heavy atom. The number of benzene rings is 1. The molecule has 0 bridgehead atoms. The van der Waals surface area contributed by atoms with Crippen molar-refractivity contribution >= 4 is 17.4 Å². The predicted octanol–water partition coefficient (Wildman–Crippen LogP) is 2.78. The second kappa shape index (κ2) is 8.28. The summed E-state index contributed by atoms with van der Waals surface area (Å²) < 4.78 is 5.52. The molecule has 0 spiro atoms. The molecule has 1 aromatic heterocycles. The quantitative estimate of drug-likeness (QED) is 0.875. The van der Waals surface area contributed by atoms with Crippen molar-refractivity contribution < 1.29 is 14.6 Å². The third-order valence-electron chi connectivity index (χ3n) is 4.19. The zero-order valence-electron chi connectivity index (χ0n) is 13.4. The number of hydrogen-bond donors (Lipinski definition) is 2. The highest BCUT2D eigenvalue weighted by Gasteiger charge is 2.29. The molecule has 2 heterocycles. The summed E-state index contributed by atoms with van der Waals surface area (Å²) in [5.74, 6) is 0. The van der Waals surface area contributed by atoms with Crippen LogP contribution in [-0.4, -0.2) is 41.8 Å². The Bertz CT molecular complexity index is 633. The van der Waals surface area contributed by atoms with Gasteiger partial charge in [0.15, 0.2) is 0 Å². The Hall–Kier alpha value is -1.89. The first kappa shape index (κ1) is 17.0. The maximum absolute atomic E-state index is 12.5. The van der Waals surface area contributed by atoms with Crippen LogP contribution in [0.1, 0.15) is 23.7 Å². The molecule has 0 unspecified atom stereocenters. The molecule has 0 aliphatic carbocycles. The van der Waals surface area contributed by atoms with Gasteiger partial charge in [0.1, 0.15) is 0 Å². The number of ether oxygens (including phenoxy) is 1. The SMILES string of the molecule is O=C(NCc1ccsc1)N1CCOC[C@@H]1C[C@@H](O)c1ccccc1. The van der Waals surface area contributed by atoms with Gasteiger partial charge in [0.05, 0.1) is 25.4 Å². The molecular weight excluding hydrogens is 324 g/mol. The molecular formula is C18H22N2O3S. The molecule has 2 atom stereocenters. The van der Waals surface area contributed by atoms with E-state index in [1.165, 1.54) is 0 Å². The van der Waals surface area contributed by atoms with E-state index < -0.39 is 6.10 Å². The largest absolute Gasteiger partial charge is 0.388 e. The Labute approximate surface area is 145 Å². The predicted molar refractivity (Wildman–Crippen MR) is 93.9 cm³/mol. The summed E-state index contributed by atoms with van der Waals surface area (Å²) in [4.78, 5) is 14.3. The van der Waals surface area contributed by atoms with Crippen molar-refractivity contribution in [2.75, 3.05) is 19.8 Å². The minimum Gasteiger partial charge on any atom is -0.388 e. The molecule has 2 amide bonds. The van der Waals surface area contributed by atoms with Crippen molar-refractivity contribution in [3.05, 3.63) is 58.3 Å². The zero-order chi connectivity index (χ0) is 16.8. The molecule has 1 aliphatic rings. The fourth-order valence-electron chi connectivity index (χ4n) is 2.86. The molecule has 0 saturated carbocycles. The number of aliphatic hydroxyl groups is 1. The lowest BCUT2D eigenvalue weighted by atomic mass is 10.0. The van der Waals surface area contributed by atoms with E-state index in [-0.39, 0.29) is 12.1 Å². The average molecular weight is 346 g/mol. The number of urea groups is 1. The molecule has 1 saturated heterocycles. The number of amides is 2. The Morgan fingerprint density at radius 2 is 2.21 bits per heavy atom. The maximum Gasteiger partial charge on any atom is 0.318 e. The number of nitrogens with zero attached hydrogens (tertiary/aromatic N) is 1. The van der Waals surface area contributed by atoms with E-state index in [0.29, 0.717) is 32.7 Å². The summed E-state index contributed by atoms with van der Waals surface area (Å²) in [6.45, 7) is 2.05. The van der Waals surface area contributed by atoms with E-state index in [2.05, 4.69) is 5.32 Å². The fraction of sp³-hybridized carbons (Fsp3) is 0.389. The summed E-state index contributed by atoms with van der Waals surface area (Å²) in [5, 5.41) is 17.4. The molecule has 2 N–H and O–H groups in total. The molecule has 1 fully saturated rings.